The third kappa shape index (κ3) is 2.58. The molecular weight excluding hydrogens is 232 g/mol. The fraction of sp³-hybridized carbons (Fsp3) is 0.692. The van der Waals surface area contributed by atoms with E-state index in [1.165, 1.54) is 18.5 Å². The van der Waals surface area contributed by atoms with E-state index in [0.29, 0.717) is 4.64 Å². The fourth-order valence-corrected chi connectivity index (χ4v) is 2.84. The molecule has 94 valence electrons. The van der Waals surface area contributed by atoms with Crippen LogP contribution in [0.5, 0.6) is 0 Å². The predicted molar refractivity (Wildman–Crippen MR) is 70.6 cm³/mol. The van der Waals surface area contributed by atoms with Crippen molar-refractivity contribution >= 4 is 12.2 Å². The average Bonchev–Trinajstić information content (AvgIpc) is 2.78. The molecule has 1 heterocycles. The number of methoxy groups -OCH3 is 1. The highest BCUT2D eigenvalue weighted by Gasteiger charge is 2.38. The number of nitrogens with zero attached hydrogens (tertiary/aromatic N) is 1. The number of hydrogen-bond donors (Lipinski definition) is 1. The molecule has 0 spiro atoms. The van der Waals surface area contributed by atoms with E-state index in [4.69, 9.17) is 17.0 Å². The summed E-state index contributed by atoms with van der Waals surface area (Å²) in [6.45, 7) is 2.17. The molecule has 1 aliphatic carbocycles. The number of aromatic nitrogens is 2. The van der Waals surface area contributed by atoms with E-state index in [9.17, 15) is 0 Å². The summed E-state index contributed by atoms with van der Waals surface area (Å²) in [5, 5.41) is 0. The Kier molecular flexibility index (Phi) is 3.94. The maximum atomic E-state index is 5.73. The SMILES string of the molecule is CCCc1cc(=S)nc(C2(OC)CCCC2)[nH]1. The lowest BCUT2D eigenvalue weighted by molar-refractivity contribution is -0.0165. The zero-order valence-electron chi connectivity index (χ0n) is 10.6. The standard InChI is InChI=1S/C13H20N2OS/c1-3-6-10-9-11(17)15-12(14-10)13(16-2)7-4-5-8-13/h9H,3-8H2,1-2H3,(H,14,15,17). The molecule has 1 aromatic heterocycles. The third-order valence-electron chi connectivity index (χ3n) is 3.55. The molecule has 2 rings (SSSR count). The van der Waals surface area contributed by atoms with E-state index in [2.05, 4.69) is 16.9 Å². The number of rotatable bonds is 4. The van der Waals surface area contributed by atoms with Gasteiger partial charge in [-0.15, -0.1) is 0 Å². The van der Waals surface area contributed by atoms with Gasteiger partial charge in [0.15, 0.2) is 0 Å². The van der Waals surface area contributed by atoms with E-state index in [1.807, 2.05) is 6.07 Å². The monoisotopic (exact) mass is 252 g/mol. The highest BCUT2D eigenvalue weighted by Crippen LogP contribution is 2.39. The van der Waals surface area contributed by atoms with Crippen molar-refractivity contribution < 1.29 is 4.74 Å². The van der Waals surface area contributed by atoms with Crippen LogP contribution in [0.3, 0.4) is 0 Å². The van der Waals surface area contributed by atoms with Crippen LogP contribution in [0.25, 0.3) is 0 Å². The van der Waals surface area contributed by atoms with Crippen LogP contribution in [0.4, 0.5) is 0 Å². The molecule has 1 N–H and O–H groups in total. The molecule has 4 heteroatoms. The molecule has 0 unspecified atom stereocenters. The molecule has 1 saturated carbocycles. The first kappa shape index (κ1) is 12.7. The summed E-state index contributed by atoms with van der Waals surface area (Å²) in [7, 11) is 1.77. The van der Waals surface area contributed by atoms with Crippen molar-refractivity contribution in [3.8, 4) is 0 Å². The van der Waals surface area contributed by atoms with E-state index < -0.39 is 0 Å². The number of H-pyrrole nitrogens is 1. The van der Waals surface area contributed by atoms with Gasteiger partial charge in [-0.05, 0) is 38.2 Å². The number of aromatic amines is 1. The van der Waals surface area contributed by atoms with Gasteiger partial charge >= 0.3 is 0 Å². The average molecular weight is 252 g/mol. The van der Waals surface area contributed by atoms with Crippen LogP contribution >= 0.6 is 12.2 Å². The fourth-order valence-electron chi connectivity index (χ4n) is 2.61. The molecule has 17 heavy (non-hydrogen) atoms. The Labute approximate surface area is 108 Å². The Bertz CT molecular complexity index is 435. The van der Waals surface area contributed by atoms with Crippen LogP contribution in [-0.2, 0) is 16.8 Å². The molecule has 0 aliphatic heterocycles. The summed E-state index contributed by atoms with van der Waals surface area (Å²) in [6, 6.07) is 1.96. The smallest absolute Gasteiger partial charge is 0.140 e. The lowest BCUT2D eigenvalue weighted by atomic mass is 10.0. The van der Waals surface area contributed by atoms with E-state index in [-0.39, 0.29) is 5.60 Å². The minimum Gasteiger partial charge on any atom is -0.370 e. The zero-order chi connectivity index (χ0) is 12.3. The summed E-state index contributed by atoms with van der Waals surface area (Å²) in [5.74, 6) is 0.924. The van der Waals surface area contributed by atoms with Crippen LogP contribution < -0.4 is 0 Å². The molecule has 0 amide bonds. The molecule has 0 radical (unpaired) electrons. The summed E-state index contributed by atoms with van der Waals surface area (Å²) < 4.78 is 6.40. The zero-order valence-corrected chi connectivity index (χ0v) is 11.4. The molecule has 0 bridgehead atoms. The molecule has 0 atom stereocenters. The van der Waals surface area contributed by atoms with Crippen LogP contribution in [0.15, 0.2) is 6.07 Å². The van der Waals surface area contributed by atoms with E-state index in [1.54, 1.807) is 7.11 Å². The first-order valence-corrected chi connectivity index (χ1v) is 6.77. The summed E-state index contributed by atoms with van der Waals surface area (Å²) in [5.41, 5.74) is 0.947. The van der Waals surface area contributed by atoms with Crippen molar-refractivity contribution in [3.63, 3.8) is 0 Å². The first-order valence-electron chi connectivity index (χ1n) is 6.36. The Morgan fingerprint density at radius 1 is 1.47 bits per heavy atom. The van der Waals surface area contributed by atoms with E-state index >= 15 is 0 Å². The second-order valence-electron chi connectivity index (χ2n) is 4.75. The van der Waals surface area contributed by atoms with Crippen molar-refractivity contribution in [2.24, 2.45) is 0 Å². The summed E-state index contributed by atoms with van der Waals surface area (Å²) >= 11 is 5.25. The minimum absolute atomic E-state index is 0.225. The third-order valence-corrected chi connectivity index (χ3v) is 3.76. The van der Waals surface area contributed by atoms with Gasteiger partial charge in [0.1, 0.15) is 16.1 Å². The number of ether oxygens (including phenoxy) is 1. The number of aryl methyl sites for hydroxylation is 1. The van der Waals surface area contributed by atoms with Crippen molar-refractivity contribution in [2.45, 2.75) is 51.0 Å². The molecule has 1 fully saturated rings. The molecule has 0 saturated heterocycles. The Hall–Kier alpha value is -0.740. The Morgan fingerprint density at radius 2 is 2.18 bits per heavy atom. The molecule has 1 aromatic rings. The Balaban J connectivity index is 2.39. The van der Waals surface area contributed by atoms with Gasteiger partial charge in [0.25, 0.3) is 0 Å². The van der Waals surface area contributed by atoms with Gasteiger partial charge in [0.2, 0.25) is 0 Å². The summed E-state index contributed by atoms with van der Waals surface area (Å²) in [6.07, 6.45) is 6.60. The lowest BCUT2D eigenvalue weighted by Crippen LogP contribution is -2.27. The van der Waals surface area contributed by atoms with Gasteiger partial charge in [-0.1, -0.05) is 25.6 Å². The molecular formula is C13H20N2OS. The highest BCUT2D eigenvalue weighted by atomic mass is 32.1. The molecule has 1 aliphatic rings. The van der Waals surface area contributed by atoms with Gasteiger partial charge in [-0.25, -0.2) is 4.98 Å². The van der Waals surface area contributed by atoms with Crippen LogP contribution in [-0.4, -0.2) is 17.1 Å². The predicted octanol–water partition coefficient (Wildman–Crippen LogP) is 3.51. The van der Waals surface area contributed by atoms with Gasteiger partial charge in [-0.3, -0.25) is 0 Å². The lowest BCUT2D eigenvalue weighted by Gasteiger charge is -2.26. The van der Waals surface area contributed by atoms with Gasteiger partial charge < -0.3 is 9.72 Å². The maximum Gasteiger partial charge on any atom is 0.140 e. The van der Waals surface area contributed by atoms with E-state index in [0.717, 1.165) is 31.5 Å². The largest absolute Gasteiger partial charge is 0.370 e. The van der Waals surface area contributed by atoms with Crippen molar-refractivity contribution in [2.75, 3.05) is 7.11 Å². The first-order chi connectivity index (χ1) is 8.20. The molecule has 0 aromatic carbocycles. The highest BCUT2D eigenvalue weighted by molar-refractivity contribution is 7.71. The maximum absolute atomic E-state index is 5.73. The van der Waals surface area contributed by atoms with Crippen LogP contribution in [0, 0.1) is 4.64 Å². The number of hydrogen-bond acceptors (Lipinski definition) is 3. The normalized spacial score (nSPS) is 18.5. The van der Waals surface area contributed by atoms with Crippen LogP contribution in [0.2, 0.25) is 0 Å². The van der Waals surface area contributed by atoms with Crippen LogP contribution in [0.1, 0.15) is 50.5 Å². The van der Waals surface area contributed by atoms with Gasteiger partial charge in [0.05, 0.1) is 0 Å². The second-order valence-corrected chi connectivity index (χ2v) is 5.17. The minimum atomic E-state index is -0.225. The van der Waals surface area contributed by atoms with Crippen molar-refractivity contribution in [1.82, 2.24) is 9.97 Å². The van der Waals surface area contributed by atoms with Gasteiger partial charge in [-0.2, -0.15) is 0 Å². The number of nitrogens with one attached hydrogen (secondary N) is 1. The second kappa shape index (κ2) is 5.27. The van der Waals surface area contributed by atoms with Gasteiger partial charge in [0, 0.05) is 12.8 Å². The van der Waals surface area contributed by atoms with Crippen molar-refractivity contribution in [3.05, 3.63) is 22.2 Å². The summed E-state index contributed by atoms with van der Waals surface area (Å²) in [4.78, 5) is 7.89. The molecule has 3 nitrogen and oxygen atoms in total. The Morgan fingerprint density at radius 3 is 2.76 bits per heavy atom. The van der Waals surface area contributed by atoms with Crippen molar-refractivity contribution in [1.29, 1.82) is 0 Å². The quantitative estimate of drug-likeness (QED) is 0.833. The topological polar surface area (TPSA) is 37.9 Å².